The van der Waals surface area contributed by atoms with Gasteiger partial charge in [-0.2, -0.15) is 0 Å². The lowest BCUT2D eigenvalue weighted by Crippen LogP contribution is -2.18. The Bertz CT molecular complexity index is 461. The summed E-state index contributed by atoms with van der Waals surface area (Å²) in [5, 5.41) is 3.49. The van der Waals surface area contributed by atoms with Gasteiger partial charge in [0.25, 0.3) is 0 Å². The number of aromatic nitrogens is 1. The van der Waals surface area contributed by atoms with Gasteiger partial charge in [0, 0.05) is 36.4 Å². The molecule has 0 fully saturated rings. The van der Waals surface area contributed by atoms with E-state index in [0.717, 1.165) is 26.1 Å². The number of nitrogens with one attached hydrogen (secondary N) is 1. The van der Waals surface area contributed by atoms with Crippen LogP contribution in [-0.4, -0.2) is 11.1 Å². The van der Waals surface area contributed by atoms with E-state index in [2.05, 4.69) is 63.2 Å². The number of hydrogen-bond acceptors (Lipinski definition) is 2. The molecule has 0 saturated carbocycles. The molecule has 0 amide bonds. The standard InChI is InChI=1S/C13H17BrN2S/c1-2-16-9-3-4-11(16)10-15-8-7-12-5-6-13(14)17-12/h3-6,9,15H,2,7-8,10H2,1H3. The van der Waals surface area contributed by atoms with Crippen LogP contribution in [0.5, 0.6) is 0 Å². The molecule has 0 aromatic carbocycles. The van der Waals surface area contributed by atoms with E-state index < -0.39 is 0 Å². The van der Waals surface area contributed by atoms with Crippen LogP contribution < -0.4 is 5.32 Å². The summed E-state index contributed by atoms with van der Waals surface area (Å²) in [7, 11) is 0. The predicted molar refractivity (Wildman–Crippen MR) is 77.5 cm³/mol. The van der Waals surface area contributed by atoms with Crippen molar-refractivity contribution in [2.45, 2.75) is 26.4 Å². The van der Waals surface area contributed by atoms with Crippen molar-refractivity contribution in [2.75, 3.05) is 6.54 Å². The highest BCUT2D eigenvalue weighted by Crippen LogP contribution is 2.22. The van der Waals surface area contributed by atoms with Crippen LogP contribution in [0.4, 0.5) is 0 Å². The van der Waals surface area contributed by atoms with Crippen molar-refractivity contribution >= 4 is 27.3 Å². The Hall–Kier alpha value is -0.580. The van der Waals surface area contributed by atoms with Gasteiger partial charge >= 0.3 is 0 Å². The molecule has 0 bridgehead atoms. The Kier molecular flexibility index (Phi) is 4.83. The molecule has 2 nitrogen and oxygen atoms in total. The van der Waals surface area contributed by atoms with Gasteiger partial charge in [-0.1, -0.05) is 0 Å². The first-order chi connectivity index (χ1) is 8.29. The van der Waals surface area contributed by atoms with Crippen LogP contribution in [0.2, 0.25) is 0 Å². The van der Waals surface area contributed by atoms with Crippen LogP contribution in [-0.2, 0) is 19.5 Å². The third-order valence-electron chi connectivity index (χ3n) is 2.75. The Labute approximate surface area is 115 Å². The molecule has 2 rings (SSSR count). The Morgan fingerprint density at radius 1 is 1.35 bits per heavy atom. The summed E-state index contributed by atoms with van der Waals surface area (Å²) in [6, 6.07) is 8.59. The first-order valence-corrected chi connectivity index (χ1v) is 7.49. The van der Waals surface area contributed by atoms with Crippen LogP contribution in [0.25, 0.3) is 0 Å². The second kappa shape index (κ2) is 6.38. The van der Waals surface area contributed by atoms with Crippen molar-refractivity contribution in [3.8, 4) is 0 Å². The molecule has 92 valence electrons. The molecule has 0 aliphatic carbocycles. The molecule has 2 aromatic heterocycles. The highest BCUT2D eigenvalue weighted by Gasteiger charge is 2.00. The lowest BCUT2D eigenvalue weighted by molar-refractivity contribution is 0.630. The van der Waals surface area contributed by atoms with Gasteiger partial charge in [0.15, 0.2) is 0 Å². The molecular weight excluding hydrogens is 296 g/mol. The summed E-state index contributed by atoms with van der Waals surface area (Å²) in [6.07, 6.45) is 3.23. The lowest BCUT2D eigenvalue weighted by atomic mass is 10.3. The van der Waals surface area contributed by atoms with Crippen LogP contribution in [0.1, 0.15) is 17.5 Å². The molecule has 0 aliphatic rings. The molecule has 0 unspecified atom stereocenters. The number of rotatable bonds is 6. The van der Waals surface area contributed by atoms with Crippen molar-refractivity contribution in [3.05, 3.63) is 44.8 Å². The van der Waals surface area contributed by atoms with Crippen LogP contribution >= 0.6 is 27.3 Å². The largest absolute Gasteiger partial charge is 0.351 e. The smallest absolute Gasteiger partial charge is 0.0701 e. The quantitative estimate of drug-likeness (QED) is 0.805. The lowest BCUT2D eigenvalue weighted by Gasteiger charge is -2.07. The topological polar surface area (TPSA) is 17.0 Å². The van der Waals surface area contributed by atoms with Crippen molar-refractivity contribution in [3.63, 3.8) is 0 Å². The number of thiophene rings is 1. The fourth-order valence-corrected chi connectivity index (χ4v) is 3.32. The third kappa shape index (κ3) is 3.69. The highest BCUT2D eigenvalue weighted by atomic mass is 79.9. The average molecular weight is 313 g/mol. The predicted octanol–water partition coefficient (Wildman–Crippen LogP) is 3.66. The molecular formula is C13H17BrN2S. The summed E-state index contributed by atoms with van der Waals surface area (Å²) < 4.78 is 3.49. The maximum Gasteiger partial charge on any atom is 0.0701 e. The molecule has 4 heteroatoms. The van der Waals surface area contributed by atoms with Gasteiger partial charge in [0.1, 0.15) is 0 Å². The van der Waals surface area contributed by atoms with Crippen LogP contribution in [0.3, 0.4) is 0 Å². The summed E-state index contributed by atoms with van der Waals surface area (Å²) in [4.78, 5) is 1.43. The van der Waals surface area contributed by atoms with E-state index in [-0.39, 0.29) is 0 Å². The number of hydrogen-bond donors (Lipinski definition) is 1. The van der Waals surface area contributed by atoms with Gasteiger partial charge in [-0.25, -0.2) is 0 Å². The Morgan fingerprint density at radius 2 is 2.24 bits per heavy atom. The molecule has 0 atom stereocenters. The van der Waals surface area contributed by atoms with Crippen LogP contribution in [0.15, 0.2) is 34.2 Å². The Balaban J connectivity index is 1.73. The first-order valence-electron chi connectivity index (χ1n) is 5.88. The molecule has 0 radical (unpaired) electrons. The third-order valence-corrected chi connectivity index (χ3v) is 4.43. The maximum absolute atomic E-state index is 3.49. The second-order valence-electron chi connectivity index (χ2n) is 3.92. The molecule has 0 saturated heterocycles. The van der Waals surface area contributed by atoms with Gasteiger partial charge in [-0.05, 0) is 53.5 Å². The summed E-state index contributed by atoms with van der Waals surface area (Å²) in [5.74, 6) is 0. The zero-order chi connectivity index (χ0) is 12.1. The minimum absolute atomic E-state index is 0.952. The summed E-state index contributed by atoms with van der Waals surface area (Å²) >= 11 is 5.30. The molecule has 1 N–H and O–H groups in total. The second-order valence-corrected chi connectivity index (χ2v) is 6.47. The van der Waals surface area contributed by atoms with E-state index in [1.807, 2.05) is 11.3 Å². The van der Waals surface area contributed by atoms with E-state index in [1.165, 1.54) is 14.4 Å². The van der Waals surface area contributed by atoms with E-state index in [4.69, 9.17) is 0 Å². The maximum atomic E-state index is 3.49. The Morgan fingerprint density at radius 3 is 2.94 bits per heavy atom. The van der Waals surface area contributed by atoms with Crippen molar-refractivity contribution in [1.82, 2.24) is 9.88 Å². The van der Waals surface area contributed by atoms with Gasteiger partial charge < -0.3 is 9.88 Å². The monoisotopic (exact) mass is 312 g/mol. The van der Waals surface area contributed by atoms with E-state index >= 15 is 0 Å². The van der Waals surface area contributed by atoms with Crippen molar-refractivity contribution in [2.24, 2.45) is 0 Å². The minimum Gasteiger partial charge on any atom is -0.351 e. The van der Waals surface area contributed by atoms with Crippen molar-refractivity contribution in [1.29, 1.82) is 0 Å². The van der Waals surface area contributed by atoms with Gasteiger partial charge in [0.05, 0.1) is 3.79 Å². The highest BCUT2D eigenvalue weighted by molar-refractivity contribution is 9.11. The average Bonchev–Trinajstić information content (AvgIpc) is 2.93. The molecule has 17 heavy (non-hydrogen) atoms. The SMILES string of the molecule is CCn1cccc1CNCCc1ccc(Br)s1. The summed E-state index contributed by atoms with van der Waals surface area (Å²) in [6.45, 7) is 5.20. The molecule has 0 aliphatic heterocycles. The number of nitrogens with zero attached hydrogens (tertiary/aromatic N) is 1. The first kappa shape index (κ1) is 12.9. The normalized spacial score (nSPS) is 10.9. The zero-order valence-electron chi connectivity index (χ0n) is 9.95. The molecule has 0 spiro atoms. The fourth-order valence-electron chi connectivity index (χ4n) is 1.83. The van der Waals surface area contributed by atoms with E-state index in [0.29, 0.717) is 0 Å². The van der Waals surface area contributed by atoms with Gasteiger partial charge in [0.2, 0.25) is 0 Å². The fraction of sp³-hybridized carbons (Fsp3) is 0.385. The number of halogens is 1. The molecule has 2 heterocycles. The zero-order valence-corrected chi connectivity index (χ0v) is 12.4. The number of aryl methyl sites for hydroxylation is 1. The van der Waals surface area contributed by atoms with Crippen LogP contribution in [0, 0.1) is 0 Å². The molecule has 2 aromatic rings. The van der Waals surface area contributed by atoms with Crippen molar-refractivity contribution < 1.29 is 0 Å². The minimum atomic E-state index is 0.952. The van der Waals surface area contributed by atoms with E-state index in [9.17, 15) is 0 Å². The van der Waals surface area contributed by atoms with E-state index in [1.54, 1.807) is 0 Å². The van der Waals surface area contributed by atoms with Gasteiger partial charge in [-0.15, -0.1) is 11.3 Å². The van der Waals surface area contributed by atoms with Gasteiger partial charge in [-0.3, -0.25) is 0 Å². The summed E-state index contributed by atoms with van der Waals surface area (Å²) in [5.41, 5.74) is 1.36.